The van der Waals surface area contributed by atoms with Gasteiger partial charge in [0.2, 0.25) is 0 Å². The predicted molar refractivity (Wildman–Crippen MR) is 40.8 cm³/mol. The average molecular weight is 136 g/mol. The third-order valence-electron chi connectivity index (χ3n) is 1.74. The van der Waals surface area contributed by atoms with Crippen LogP contribution in [-0.2, 0) is 0 Å². The van der Waals surface area contributed by atoms with Gasteiger partial charge < -0.3 is 0 Å². The highest BCUT2D eigenvalue weighted by Crippen LogP contribution is 2.42. The fraction of sp³-hybridized carbons (Fsp3) is 0.375. The molecule has 2 rings (SSSR count). The van der Waals surface area contributed by atoms with Crippen LogP contribution < -0.4 is 0 Å². The van der Waals surface area contributed by atoms with Gasteiger partial charge in [-0.05, 0) is 23.7 Å². The zero-order chi connectivity index (χ0) is 6.10. The van der Waals surface area contributed by atoms with Gasteiger partial charge in [0.15, 0.2) is 0 Å². The molecule has 2 radical (unpaired) electrons. The van der Waals surface area contributed by atoms with Crippen molar-refractivity contribution in [3.05, 3.63) is 28.9 Å². The van der Waals surface area contributed by atoms with E-state index in [2.05, 4.69) is 24.0 Å². The maximum atomic E-state index is 3.27. The molecule has 0 nitrogen and oxygen atoms in total. The van der Waals surface area contributed by atoms with E-state index < -0.39 is 0 Å². The van der Waals surface area contributed by atoms with E-state index in [9.17, 15) is 0 Å². The summed E-state index contributed by atoms with van der Waals surface area (Å²) in [6.45, 7) is 0. The first-order valence-electron chi connectivity index (χ1n) is 3.23. The summed E-state index contributed by atoms with van der Waals surface area (Å²) in [6.07, 6.45) is 8.97. The van der Waals surface area contributed by atoms with Crippen LogP contribution in [0.4, 0.5) is 0 Å². The summed E-state index contributed by atoms with van der Waals surface area (Å²) in [5.41, 5.74) is 0. The van der Waals surface area contributed by atoms with Gasteiger partial charge in [-0.3, -0.25) is 0 Å². The van der Waals surface area contributed by atoms with Crippen molar-refractivity contribution in [1.82, 2.24) is 0 Å². The molecule has 0 saturated carbocycles. The molecule has 9 heavy (non-hydrogen) atoms. The molecule has 1 unspecified atom stereocenters. The van der Waals surface area contributed by atoms with Gasteiger partial charge in [-0.25, -0.2) is 0 Å². The summed E-state index contributed by atoms with van der Waals surface area (Å²) in [6, 6.07) is 0. The van der Waals surface area contributed by atoms with Crippen LogP contribution in [0.15, 0.2) is 23.1 Å². The highest BCUT2D eigenvalue weighted by Gasteiger charge is 2.21. The van der Waals surface area contributed by atoms with E-state index in [0.29, 0.717) is 0 Å². The molecule has 1 heterocycles. The number of hydrogen-bond acceptors (Lipinski definition) is 1. The topological polar surface area (TPSA) is 0 Å². The Hall–Kier alpha value is -0.170. The van der Waals surface area contributed by atoms with Crippen LogP contribution in [0.2, 0.25) is 0 Å². The van der Waals surface area contributed by atoms with Crippen LogP contribution in [0.5, 0.6) is 0 Å². The van der Waals surface area contributed by atoms with Crippen LogP contribution >= 0.6 is 11.8 Å². The van der Waals surface area contributed by atoms with E-state index >= 15 is 0 Å². The lowest BCUT2D eigenvalue weighted by atomic mass is 9.98. The number of fused-ring (bicyclic) bond motifs is 1. The highest BCUT2D eigenvalue weighted by atomic mass is 32.2. The largest absolute Gasteiger partial charge is 0.120 e. The molecular weight excluding hydrogens is 128 g/mol. The molecule has 1 aliphatic carbocycles. The Bertz CT molecular complexity index is 167. The van der Waals surface area contributed by atoms with Crippen molar-refractivity contribution in [2.24, 2.45) is 5.92 Å². The quantitative estimate of drug-likeness (QED) is 0.493. The highest BCUT2D eigenvalue weighted by molar-refractivity contribution is 8.05. The summed E-state index contributed by atoms with van der Waals surface area (Å²) in [4.78, 5) is 1.51. The molecule has 1 saturated heterocycles. The second kappa shape index (κ2) is 2.22. The molecule has 0 aromatic heterocycles. The Labute approximate surface area is 60.0 Å². The van der Waals surface area contributed by atoms with Gasteiger partial charge in [0.25, 0.3) is 0 Å². The fourth-order valence-corrected chi connectivity index (χ4v) is 2.13. The first-order chi connectivity index (χ1) is 4.47. The fourth-order valence-electron chi connectivity index (χ4n) is 1.18. The number of thioether (sulfide) groups is 1. The van der Waals surface area contributed by atoms with Crippen molar-refractivity contribution < 1.29 is 0 Å². The van der Waals surface area contributed by atoms with E-state index in [0.717, 1.165) is 12.3 Å². The van der Waals surface area contributed by atoms with Gasteiger partial charge in [-0.2, -0.15) is 0 Å². The zero-order valence-corrected chi connectivity index (χ0v) is 5.95. The summed E-state index contributed by atoms with van der Waals surface area (Å²) in [7, 11) is 0. The average Bonchev–Trinajstić information content (AvgIpc) is 2.33. The van der Waals surface area contributed by atoms with Gasteiger partial charge in [0.1, 0.15) is 0 Å². The molecular formula is C8H8S. The maximum absolute atomic E-state index is 3.27. The van der Waals surface area contributed by atoms with Gasteiger partial charge in [-0.1, -0.05) is 18.2 Å². The molecule has 46 valence electrons. The van der Waals surface area contributed by atoms with Gasteiger partial charge in [0, 0.05) is 0 Å². The first kappa shape index (κ1) is 5.60. The Morgan fingerprint density at radius 2 is 2.67 bits per heavy atom. The standard InChI is InChI=1S/C8H8S/c1-2-4-8-7(3-1)5-6-9-8/h1-2,4,7H,3,5H2. The molecule has 0 aromatic rings. The van der Waals surface area contributed by atoms with Crippen molar-refractivity contribution in [1.29, 1.82) is 0 Å². The van der Waals surface area contributed by atoms with Crippen molar-refractivity contribution >= 4 is 11.8 Å². The Morgan fingerprint density at radius 1 is 1.67 bits per heavy atom. The van der Waals surface area contributed by atoms with Gasteiger partial charge in [0.05, 0.1) is 5.75 Å². The monoisotopic (exact) mass is 136 g/mol. The summed E-state index contributed by atoms with van der Waals surface area (Å²) >= 11 is 1.79. The molecule has 0 aromatic carbocycles. The van der Waals surface area contributed by atoms with Crippen molar-refractivity contribution in [2.75, 3.05) is 0 Å². The molecule has 1 aliphatic heterocycles. The number of rotatable bonds is 0. The minimum atomic E-state index is 0.792. The minimum Gasteiger partial charge on any atom is -0.120 e. The van der Waals surface area contributed by atoms with E-state index in [4.69, 9.17) is 0 Å². The smallest absolute Gasteiger partial charge is 0.0538 e. The molecule has 0 spiro atoms. The molecule has 1 atom stereocenters. The van der Waals surface area contributed by atoms with E-state index in [1.54, 1.807) is 11.8 Å². The summed E-state index contributed by atoms with van der Waals surface area (Å²) < 4.78 is 0. The Balaban J connectivity index is 2.23. The van der Waals surface area contributed by atoms with Crippen LogP contribution in [0.1, 0.15) is 12.8 Å². The van der Waals surface area contributed by atoms with Crippen LogP contribution in [0.3, 0.4) is 0 Å². The molecule has 1 heteroatoms. The van der Waals surface area contributed by atoms with Crippen molar-refractivity contribution in [2.45, 2.75) is 12.8 Å². The molecule has 0 bridgehead atoms. The third kappa shape index (κ3) is 0.940. The lowest BCUT2D eigenvalue weighted by Gasteiger charge is -2.09. The molecule has 1 fully saturated rings. The van der Waals surface area contributed by atoms with Gasteiger partial charge >= 0.3 is 0 Å². The molecule has 2 aliphatic rings. The van der Waals surface area contributed by atoms with E-state index in [-0.39, 0.29) is 0 Å². The Morgan fingerprint density at radius 3 is 3.56 bits per heavy atom. The SMILES string of the molecule is [C]1CC2CC=CC=C2S1. The summed E-state index contributed by atoms with van der Waals surface area (Å²) in [5, 5.41) is 0. The normalized spacial score (nSPS) is 32.0. The minimum absolute atomic E-state index is 0.792. The van der Waals surface area contributed by atoms with Crippen LogP contribution in [0, 0.1) is 11.7 Å². The zero-order valence-electron chi connectivity index (χ0n) is 5.13. The van der Waals surface area contributed by atoms with E-state index in [1.165, 1.54) is 11.3 Å². The molecule has 0 N–H and O–H groups in total. The van der Waals surface area contributed by atoms with Crippen molar-refractivity contribution in [3.8, 4) is 0 Å². The first-order valence-corrected chi connectivity index (χ1v) is 4.05. The van der Waals surface area contributed by atoms with Crippen molar-refractivity contribution in [3.63, 3.8) is 0 Å². The maximum Gasteiger partial charge on any atom is 0.0538 e. The lowest BCUT2D eigenvalue weighted by Crippen LogP contribution is -1.95. The van der Waals surface area contributed by atoms with Crippen LogP contribution in [0.25, 0.3) is 0 Å². The second-order valence-corrected chi connectivity index (χ2v) is 3.34. The van der Waals surface area contributed by atoms with Gasteiger partial charge in [-0.15, -0.1) is 11.8 Å². The van der Waals surface area contributed by atoms with E-state index in [1.807, 2.05) is 0 Å². The second-order valence-electron chi connectivity index (χ2n) is 2.38. The predicted octanol–water partition coefficient (Wildman–Crippen LogP) is 2.62. The number of hydrogen-bond donors (Lipinski definition) is 0. The lowest BCUT2D eigenvalue weighted by molar-refractivity contribution is 0.666. The summed E-state index contributed by atoms with van der Waals surface area (Å²) in [5.74, 6) is 4.06. The number of allylic oxidation sites excluding steroid dienone is 4. The van der Waals surface area contributed by atoms with Crippen LogP contribution in [-0.4, -0.2) is 0 Å². The third-order valence-corrected chi connectivity index (χ3v) is 2.76. The Kier molecular flexibility index (Phi) is 1.38. The molecule has 0 amide bonds.